The van der Waals surface area contributed by atoms with E-state index in [4.69, 9.17) is 10.2 Å². The second-order valence-corrected chi connectivity index (χ2v) is 9.03. The molecule has 2 aromatic rings. The zero-order chi connectivity index (χ0) is 21.8. The van der Waals surface area contributed by atoms with Gasteiger partial charge in [-0.2, -0.15) is 5.26 Å². The number of nitriles is 1. The van der Waals surface area contributed by atoms with Gasteiger partial charge in [0.1, 0.15) is 17.3 Å². The van der Waals surface area contributed by atoms with E-state index in [9.17, 15) is 9.90 Å². The second-order valence-electron chi connectivity index (χ2n) is 8.17. The fourth-order valence-electron chi connectivity index (χ4n) is 4.12. The molecule has 0 saturated carbocycles. The summed E-state index contributed by atoms with van der Waals surface area (Å²) in [6, 6.07) is 4.09. The van der Waals surface area contributed by atoms with E-state index in [2.05, 4.69) is 26.3 Å². The topological polar surface area (TPSA) is 118 Å². The van der Waals surface area contributed by atoms with Gasteiger partial charge in [0.2, 0.25) is 0 Å². The Hall–Kier alpha value is -2.61. The number of carbonyl (C=O) groups is 1. The minimum Gasteiger partial charge on any atom is -0.393 e. The molecule has 0 radical (unpaired) electrons. The van der Waals surface area contributed by atoms with Crippen LogP contribution in [0.25, 0.3) is 0 Å². The molecule has 164 valence electrons. The van der Waals surface area contributed by atoms with Crippen molar-refractivity contribution in [3.63, 3.8) is 0 Å². The molecule has 0 aromatic carbocycles. The van der Waals surface area contributed by atoms with E-state index in [1.54, 1.807) is 10.3 Å². The average molecular weight is 442 g/mol. The molecule has 9 nitrogen and oxygen atoms in total. The highest BCUT2D eigenvalue weighted by atomic mass is 32.1. The van der Waals surface area contributed by atoms with Crippen LogP contribution in [0.2, 0.25) is 0 Å². The molecule has 2 saturated heterocycles. The molecular formula is C21H27N7O2S. The lowest BCUT2D eigenvalue weighted by Gasteiger charge is -2.30. The molecule has 2 aliphatic heterocycles. The van der Waals surface area contributed by atoms with Crippen molar-refractivity contribution in [2.75, 3.05) is 38.0 Å². The molecule has 2 aliphatic rings. The largest absolute Gasteiger partial charge is 0.393 e. The summed E-state index contributed by atoms with van der Waals surface area (Å²) >= 11 is 1.37. The summed E-state index contributed by atoms with van der Waals surface area (Å²) in [5.41, 5.74) is 1.28. The molecule has 0 spiro atoms. The summed E-state index contributed by atoms with van der Waals surface area (Å²) < 4.78 is 0. The van der Waals surface area contributed by atoms with E-state index < -0.39 is 0 Å². The van der Waals surface area contributed by atoms with Gasteiger partial charge in [-0.3, -0.25) is 9.69 Å². The fraction of sp³-hybridized carbons (Fsp3) is 0.571. The van der Waals surface area contributed by atoms with Crippen LogP contribution < -0.4 is 5.32 Å². The van der Waals surface area contributed by atoms with E-state index >= 15 is 0 Å². The molecule has 0 unspecified atom stereocenters. The molecule has 2 fully saturated rings. The van der Waals surface area contributed by atoms with Gasteiger partial charge in [-0.25, -0.2) is 15.0 Å². The van der Waals surface area contributed by atoms with Gasteiger partial charge in [0.25, 0.3) is 5.91 Å². The van der Waals surface area contributed by atoms with E-state index in [-0.39, 0.29) is 17.9 Å². The first-order chi connectivity index (χ1) is 15.0. The third kappa shape index (κ3) is 5.36. The van der Waals surface area contributed by atoms with Gasteiger partial charge >= 0.3 is 0 Å². The number of aryl methyl sites for hydroxylation is 1. The van der Waals surface area contributed by atoms with E-state index in [1.165, 1.54) is 11.3 Å². The minimum absolute atomic E-state index is 0.101. The third-order valence-electron chi connectivity index (χ3n) is 5.75. The van der Waals surface area contributed by atoms with Gasteiger partial charge < -0.3 is 15.3 Å². The van der Waals surface area contributed by atoms with Crippen molar-refractivity contribution >= 4 is 28.2 Å². The summed E-state index contributed by atoms with van der Waals surface area (Å²) in [7, 11) is 0. The van der Waals surface area contributed by atoms with Crippen molar-refractivity contribution in [2.24, 2.45) is 0 Å². The number of anilines is 2. The van der Waals surface area contributed by atoms with E-state index in [0.717, 1.165) is 37.4 Å². The number of thiazole rings is 1. The maximum Gasteiger partial charge on any atom is 0.273 e. The number of aromatic nitrogens is 3. The number of nitrogens with one attached hydrogen (secondary N) is 1. The summed E-state index contributed by atoms with van der Waals surface area (Å²) in [6.07, 6.45) is 2.93. The molecule has 4 rings (SSSR count). The van der Waals surface area contributed by atoms with Gasteiger partial charge in [-0.15, -0.1) is 11.3 Å². The Morgan fingerprint density at radius 2 is 2.10 bits per heavy atom. The van der Waals surface area contributed by atoms with Crippen LogP contribution in [0.3, 0.4) is 0 Å². The summed E-state index contributed by atoms with van der Waals surface area (Å²) in [4.78, 5) is 30.4. The first-order valence-electron chi connectivity index (χ1n) is 10.7. The number of nitrogens with zero attached hydrogens (tertiary/aromatic N) is 6. The highest BCUT2D eigenvalue weighted by molar-refractivity contribution is 7.14. The van der Waals surface area contributed by atoms with Crippen molar-refractivity contribution in [2.45, 2.75) is 44.6 Å². The summed E-state index contributed by atoms with van der Waals surface area (Å²) in [5, 5.41) is 24.2. The maximum absolute atomic E-state index is 12.7. The van der Waals surface area contributed by atoms with E-state index in [0.29, 0.717) is 49.1 Å². The Balaban J connectivity index is 1.44. The number of carbonyl (C=O) groups excluding carboxylic acids is 1. The van der Waals surface area contributed by atoms with Gasteiger partial charge in [-0.1, -0.05) is 0 Å². The molecule has 2 N–H and O–H groups in total. The van der Waals surface area contributed by atoms with Crippen LogP contribution >= 0.6 is 11.3 Å². The van der Waals surface area contributed by atoms with Gasteiger partial charge in [0, 0.05) is 42.7 Å². The van der Waals surface area contributed by atoms with Crippen LogP contribution in [-0.4, -0.2) is 74.6 Å². The van der Waals surface area contributed by atoms with Crippen LogP contribution in [-0.2, 0) is 0 Å². The first kappa shape index (κ1) is 21.6. The van der Waals surface area contributed by atoms with Crippen molar-refractivity contribution in [3.8, 4) is 6.07 Å². The number of rotatable bonds is 5. The lowest BCUT2D eigenvalue weighted by atomic mass is 9.97. The maximum atomic E-state index is 12.7. The highest BCUT2D eigenvalue weighted by Crippen LogP contribution is 2.27. The Morgan fingerprint density at radius 1 is 1.29 bits per heavy atom. The Morgan fingerprint density at radius 3 is 2.87 bits per heavy atom. The molecule has 1 amide bonds. The predicted octanol–water partition coefficient (Wildman–Crippen LogP) is 2.29. The SMILES string of the molecule is Cc1cc(Nc2nc(C(=O)N3CCC(O)CC3)cs2)nc([C@H]2CCCN(CC#N)C2)n1. The lowest BCUT2D eigenvalue weighted by Crippen LogP contribution is -2.40. The zero-order valence-corrected chi connectivity index (χ0v) is 18.4. The normalized spacial score (nSPS) is 20.4. The van der Waals surface area contributed by atoms with E-state index in [1.807, 2.05) is 13.0 Å². The second kappa shape index (κ2) is 9.68. The third-order valence-corrected chi connectivity index (χ3v) is 6.50. The Bertz CT molecular complexity index is 965. The van der Waals surface area contributed by atoms with Gasteiger partial charge in [0.15, 0.2) is 5.13 Å². The number of aliphatic hydroxyl groups excluding tert-OH is 1. The number of hydrogen-bond donors (Lipinski definition) is 2. The Labute approximate surface area is 185 Å². The fourth-order valence-corrected chi connectivity index (χ4v) is 4.81. The monoisotopic (exact) mass is 441 g/mol. The number of aliphatic hydroxyl groups is 1. The quantitative estimate of drug-likeness (QED) is 0.679. The van der Waals surface area contributed by atoms with Gasteiger partial charge in [-0.05, 0) is 39.2 Å². The number of amides is 1. The molecule has 31 heavy (non-hydrogen) atoms. The standard InChI is InChI=1S/C21H27N7O2S/c1-14-11-18(25-19(23-14)15-3-2-7-27(12-15)10-6-22)26-21-24-17(13-31-21)20(30)28-8-4-16(29)5-9-28/h11,13,15-16,29H,2-5,7-10,12H2,1H3,(H,23,24,25,26)/t15-/m0/s1. The van der Waals surface area contributed by atoms with Crippen molar-refractivity contribution in [1.82, 2.24) is 24.8 Å². The molecule has 4 heterocycles. The Kier molecular flexibility index (Phi) is 6.75. The highest BCUT2D eigenvalue weighted by Gasteiger charge is 2.25. The number of hydrogen-bond acceptors (Lipinski definition) is 9. The van der Waals surface area contributed by atoms with Crippen molar-refractivity contribution < 1.29 is 9.90 Å². The van der Waals surface area contributed by atoms with Gasteiger partial charge in [0.05, 0.1) is 18.7 Å². The molecule has 1 atom stereocenters. The molecule has 0 aliphatic carbocycles. The number of likely N-dealkylation sites (tertiary alicyclic amines) is 2. The van der Waals surface area contributed by atoms with Crippen molar-refractivity contribution in [1.29, 1.82) is 5.26 Å². The van der Waals surface area contributed by atoms with Crippen molar-refractivity contribution in [3.05, 3.63) is 28.7 Å². The smallest absolute Gasteiger partial charge is 0.273 e. The molecular weight excluding hydrogens is 414 g/mol. The van der Waals surface area contributed by atoms with Crippen LogP contribution in [0.15, 0.2) is 11.4 Å². The van der Waals surface area contributed by atoms with Crippen LogP contribution in [0.4, 0.5) is 10.9 Å². The lowest BCUT2D eigenvalue weighted by molar-refractivity contribution is 0.0542. The summed E-state index contributed by atoms with van der Waals surface area (Å²) in [6.45, 7) is 5.20. The summed E-state index contributed by atoms with van der Waals surface area (Å²) in [5.74, 6) is 1.54. The zero-order valence-electron chi connectivity index (χ0n) is 17.6. The van der Waals surface area contributed by atoms with Crippen LogP contribution in [0.1, 0.15) is 53.6 Å². The molecule has 2 aromatic heterocycles. The molecule has 0 bridgehead atoms. The van der Waals surface area contributed by atoms with Crippen LogP contribution in [0.5, 0.6) is 0 Å². The van der Waals surface area contributed by atoms with Crippen LogP contribution in [0, 0.1) is 18.3 Å². The number of piperidine rings is 2. The first-order valence-corrected chi connectivity index (χ1v) is 11.5. The minimum atomic E-state index is -0.317. The molecule has 10 heteroatoms. The predicted molar refractivity (Wildman–Crippen MR) is 117 cm³/mol. The average Bonchev–Trinajstić information content (AvgIpc) is 3.22.